The number of benzene rings is 1. The summed E-state index contributed by atoms with van der Waals surface area (Å²) in [5.74, 6) is 0. The van der Waals surface area contributed by atoms with E-state index in [2.05, 4.69) is 4.98 Å². The van der Waals surface area contributed by atoms with Crippen LogP contribution in [0.2, 0.25) is 0 Å². The lowest BCUT2D eigenvalue weighted by Crippen LogP contribution is -2.34. The molecule has 0 saturated heterocycles. The maximum Gasteiger partial charge on any atom is 0.433 e. The largest absolute Gasteiger partial charge is 0.433 e. The molecule has 0 bridgehead atoms. The van der Waals surface area contributed by atoms with Crippen LogP contribution < -0.4 is 0 Å². The summed E-state index contributed by atoms with van der Waals surface area (Å²) < 4.78 is 38.6. The van der Waals surface area contributed by atoms with Crippen molar-refractivity contribution in [2.75, 3.05) is 0 Å². The summed E-state index contributed by atoms with van der Waals surface area (Å²) >= 11 is 0. The smallest absolute Gasteiger partial charge is 0.385 e. The second-order valence-corrected chi connectivity index (χ2v) is 5.36. The minimum absolute atomic E-state index is 0.322. The fourth-order valence-electron chi connectivity index (χ4n) is 2.62. The van der Waals surface area contributed by atoms with Crippen LogP contribution in [0.3, 0.4) is 0 Å². The van der Waals surface area contributed by atoms with E-state index in [1.165, 1.54) is 6.20 Å². The summed E-state index contributed by atoms with van der Waals surface area (Å²) in [6, 6.07) is 10.0. The molecule has 0 aliphatic heterocycles. The van der Waals surface area contributed by atoms with Crippen LogP contribution >= 0.6 is 0 Å². The Morgan fingerprint density at radius 1 is 1.10 bits per heavy atom. The summed E-state index contributed by atoms with van der Waals surface area (Å²) in [6.45, 7) is 0. The van der Waals surface area contributed by atoms with E-state index in [9.17, 15) is 18.3 Å². The normalized spacial score (nSPS) is 17.3. The van der Waals surface area contributed by atoms with Gasteiger partial charge in [-0.1, -0.05) is 30.3 Å². The standard InChI is InChI=1S/C16H14F3NO/c17-16(18,19)14-9-13(15(21)7-4-8-15)12(10-20-14)11-5-2-1-3-6-11/h1-3,5-6,9-10,21H,4,7-8H2. The molecule has 3 rings (SSSR count). The van der Waals surface area contributed by atoms with Gasteiger partial charge >= 0.3 is 6.18 Å². The number of rotatable bonds is 2. The van der Waals surface area contributed by atoms with Gasteiger partial charge < -0.3 is 5.11 Å². The summed E-state index contributed by atoms with van der Waals surface area (Å²) in [5, 5.41) is 10.5. The second kappa shape index (κ2) is 4.84. The molecule has 0 atom stereocenters. The molecule has 5 heteroatoms. The highest BCUT2D eigenvalue weighted by Crippen LogP contribution is 2.46. The van der Waals surface area contributed by atoms with Crippen molar-refractivity contribution in [2.24, 2.45) is 0 Å². The molecule has 0 radical (unpaired) electrons. The monoisotopic (exact) mass is 293 g/mol. The van der Waals surface area contributed by atoms with Gasteiger partial charge in [-0.3, -0.25) is 4.98 Å². The molecule has 1 aromatic carbocycles. The Kier molecular flexibility index (Phi) is 3.24. The van der Waals surface area contributed by atoms with Crippen LogP contribution in [-0.2, 0) is 11.8 Å². The molecule has 1 aliphatic rings. The highest BCUT2D eigenvalue weighted by Gasteiger charge is 2.41. The molecule has 1 N–H and O–H groups in total. The Morgan fingerprint density at radius 2 is 1.76 bits per heavy atom. The van der Waals surface area contributed by atoms with Crippen molar-refractivity contribution in [1.29, 1.82) is 0 Å². The number of alkyl halides is 3. The van der Waals surface area contributed by atoms with Crippen LogP contribution in [0.15, 0.2) is 42.6 Å². The lowest BCUT2D eigenvalue weighted by Gasteiger charge is -2.38. The van der Waals surface area contributed by atoms with Gasteiger partial charge in [0.1, 0.15) is 5.69 Å². The van der Waals surface area contributed by atoms with Crippen molar-refractivity contribution >= 4 is 0 Å². The first kappa shape index (κ1) is 14.1. The summed E-state index contributed by atoms with van der Waals surface area (Å²) in [6.07, 6.45) is -1.52. The van der Waals surface area contributed by atoms with Gasteiger partial charge in [0.15, 0.2) is 0 Å². The van der Waals surface area contributed by atoms with Crippen molar-refractivity contribution in [2.45, 2.75) is 31.0 Å². The second-order valence-electron chi connectivity index (χ2n) is 5.36. The summed E-state index contributed by atoms with van der Waals surface area (Å²) in [4.78, 5) is 3.52. The van der Waals surface area contributed by atoms with Gasteiger partial charge in [-0.25, -0.2) is 0 Å². The van der Waals surface area contributed by atoms with Crippen LogP contribution in [-0.4, -0.2) is 10.1 Å². The molecule has 1 aliphatic carbocycles. The highest BCUT2D eigenvalue weighted by molar-refractivity contribution is 5.68. The van der Waals surface area contributed by atoms with E-state index < -0.39 is 17.5 Å². The van der Waals surface area contributed by atoms with Crippen molar-refractivity contribution in [3.05, 3.63) is 53.9 Å². The summed E-state index contributed by atoms with van der Waals surface area (Å²) in [5.41, 5.74) is -0.492. The average Bonchev–Trinajstić information content (AvgIpc) is 2.44. The molecule has 0 spiro atoms. The number of pyridine rings is 1. The molecule has 110 valence electrons. The lowest BCUT2D eigenvalue weighted by molar-refractivity contribution is -0.141. The van der Waals surface area contributed by atoms with Crippen molar-refractivity contribution in [1.82, 2.24) is 4.98 Å². The van der Waals surface area contributed by atoms with Gasteiger partial charge in [-0.15, -0.1) is 0 Å². The van der Waals surface area contributed by atoms with E-state index in [1.54, 1.807) is 12.1 Å². The van der Waals surface area contributed by atoms with Gasteiger partial charge in [0.2, 0.25) is 0 Å². The van der Waals surface area contributed by atoms with E-state index >= 15 is 0 Å². The Bertz CT molecular complexity index is 648. The van der Waals surface area contributed by atoms with Crippen LogP contribution in [0.25, 0.3) is 11.1 Å². The zero-order valence-corrected chi connectivity index (χ0v) is 11.2. The van der Waals surface area contributed by atoms with E-state index in [0.717, 1.165) is 18.1 Å². The maximum absolute atomic E-state index is 12.9. The van der Waals surface area contributed by atoms with E-state index in [4.69, 9.17) is 0 Å². The van der Waals surface area contributed by atoms with Crippen LogP contribution in [0.4, 0.5) is 13.2 Å². The Morgan fingerprint density at radius 3 is 2.29 bits per heavy atom. The fourth-order valence-corrected chi connectivity index (χ4v) is 2.62. The van der Waals surface area contributed by atoms with Crippen LogP contribution in [0, 0.1) is 0 Å². The number of hydrogen-bond acceptors (Lipinski definition) is 2. The molecule has 2 nitrogen and oxygen atoms in total. The van der Waals surface area contributed by atoms with E-state index in [-0.39, 0.29) is 0 Å². The molecule has 1 saturated carbocycles. The van der Waals surface area contributed by atoms with Gasteiger partial charge in [-0.2, -0.15) is 13.2 Å². The third kappa shape index (κ3) is 2.53. The van der Waals surface area contributed by atoms with E-state index in [0.29, 0.717) is 24.0 Å². The quantitative estimate of drug-likeness (QED) is 0.902. The van der Waals surface area contributed by atoms with Gasteiger partial charge in [-0.05, 0) is 36.5 Å². The number of halogens is 3. The van der Waals surface area contributed by atoms with Crippen molar-refractivity contribution in [3.8, 4) is 11.1 Å². The van der Waals surface area contributed by atoms with E-state index in [1.807, 2.05) is 18.2 Å². The topological polar surface area (TPSA) is 33.1 Å². The molecule has 1 heterocycles. The fraction of sp³-hybridized carbons (Fsp3) is 0.312. The Hall–Kier alpha value is -1.88. The molecule has 0 unspecified atom stereocenters. The summed E-state index contributed by atoms with van der Waals surface area (Å²) in [7, 11) is 0. The minimum Gasteiger partial charge on any atom is -0.385 e. The SMILES string of the molecule is OC1(c2cc(C(F)(F)F)ncc2-c2ccccc2)CCC1. The zero-order valence-electron chi connectivity index (χ0n) is 11.2. The molecule has 0 amide bonds. The van der Waals surface area contributed by atoms with Crippen molar-refractivity contribution in [3.63, 3.8) is 0 Å². The average molecular weight is 293 g/mol. The molecular weight excluding hydrogens is 279 g/mol. The van der Waals surface area contributed by atoms with Gasteiger partial charge in [0.25, 0.3) is 0 Å². The van der Waals surface area contributed by atoms with Crippen LogP contribution in [0.5, 0.6) is 0 Å². The minimum atomic E-state index is -4.51. The molecule has 1 fully saturated rings. The third-order valence-corrected chi connectivity index (χ3v) is 3.96. The zero-order chi connectivity index (χ0) is 15.1. The molecule has 21 heavy (non-hydrogen) atoms. The highest BCUT2D eigenvalue weighted by atomic mass is 19.4. The first-order valence-electron chi connectivity index (χ1n) is 6.76. The van der Waals surface area contributed by atoms with Gasteiger partial charge in [0, 0.05) is 11.8 Å². The number of hydrogen-bond donors (Lipinski definition) is 1. The maximum atomic E-state index is 12.9. The van der Waals surface area contributed by atoms with Crippen molar-refractivity contribution < 1.29 is 18.3 Å². The third-order valence-electron chi connectivity index (χ3n) is 3.96. The predicted molar refractivity (Wildman–Crippen MR) is 72.4 cm³/mol. The Labute approximate surface area is 120 Å². The molecule has 2 aromatic rings. The molecular formula is C16H14F3NO. The lowest BCUT2D eigenvalue weighted by atomic mass is 9.73. The first-order chi connectivity index (χ1) is 9.90. The number of aromatic nitrogens is 1. The Balaban J connectivity index is 2.16. The number of aliphatic hydroxyl groups is 1. The first-order valence-corrected chi connectivity index (χ1v) is 6.76. The van der Waals surface area contributed by atoms with Crippen LogP contribution in [0.1, 0.15) is 30.5 Å². The predicted octanol–water partition coefficient (Wildman–Crippen LogP) is 4.14. The number of nitrogens with zero attached hydrogens (tertiary/aromatic N) is 1. The molecule has 1 aromatic heterocycles. The van der Waals surface area contributed by atoms with Gasteiger partial charge in [0.05, 0.1) is 5.60 Å².